The van der Waals surface area contributed by atoms with Crippen LogP contribution in [0.1, 0.15) is 36.9 Å². The molecule has 1 heterocycles. The first-order chi connectivity index (χ1) is 12.6. The average Bonchev–Trinajstić information content (AvgIpc) is 2.68. The minimum Gasteiger partial charge on any atom is -0.497 e. The lowest BCUT2D eigenvalue weighted by molar-refractivity contribution is -0.0588. The molecule has 1 aliphatic rings. The third-order valence-electron chi connectivity index (χ3n) is 5.11. The zero-order valence-corrected chi connectivity index (χ0v) is 15.4. The van der Waals surface area contributed by atoms with E-state index in [9.17, 15) is 4.79 Å². The van der Waals surface area contributed by atoms with Crippen LogP contribution >= 0.6 is 0 Å². The summed E-state index contributed by atoms with van der Waals surface area (Å²) in [4.78, 5) is 14.6. The number of nitrogens with zero attached hydrogens (tertiary/aromatic N) is 1. The van der Waals surface area contributed by atoms with Crippen molar-refractivity contribution in [3.8, 4) is 5.75 Å². The molecule has 2 atom stereocenters. The number of benzene rings is 2. The highest BCUT2D eigenvalue weighted by Gasteiger charge is 2.42. The first-order valence-electron chi connectivity index (χ1n) is 8.89. The fourth-order valence-electron chi connectivity index (χ4n) is 3.52. The lowest BCUT2D eigenvalue weighted by Crippen LogP contribution is -2.48. The molecule has 1 amide bonds. The van der Waals surface area contributed by atoms with E-state index in [4.69, 9.17) is 9.47 Å². The average molecular weight is 351 g/mol. The predicted octanol–water partition coefficient (Wildman–Crippen LogP) is 5.07. The van der Waals surface area contributed by atoms with Crippen LogP contribution in [0.2, 0.25) is 0 Å². The van der Waals surface area contributed by atoms with Gasteiger partial charge in [0, 0.05) is 19.4 Å². The highest BCUT2D eigenvalue weighted by Crippen LogP contribution is 2.39. The molecule has 0 bridgehead atoms. The normalized spacial score (nSPS) is 21.0. The van der Waals surface area contributed by atoms with Gasteiger partial charge in [0.25, 0.3) is 0 Å². The van der Waals surface area contributed by atoms with Crippen molar-refractivity contribution in [1.82, 2.24) is 4.90 Å². The van der Waals surface area contributed by atoms with Gasteiger partial charge in [0.2, 0.25) is 0 Å². The summed E-state index contributed by atoms with van der Waals surface area (Å²) in [7, 11) is 1.64. The number of hydrogen-bond acceptors (Lipinski definition) is 3. The molecule has 0 unspecified atom stereocenters. The van der Waals surface area contributed by atoms with Gasteiger partial charge in [0.05, 0.1) is 13.2 Å². The van der Waals surface area contributed by atoms with Crippen LogP contribution in [0.3, 0.4) is 0 Å². The second-order valence-electron chi connectivity index (χ2n) is 6.61. The van der Waals surface area contributed by atoms with E-state index in [1.54, 1.807) is 12.0 Å². The summed E-state index contributed by atoms with van der Waals surface area (Å²) >= 11 is 0. The fraction of sp³-hybridized carbons (Fsp3) is 0.318. The molecule has 1 saturated heterocycles. The SMILES string of the molecule is C=CC[C@]1(c2ccccc2)CCN([C@@H](C)c2ccc(OC)cc2)C(=O)O1. The van der Waals surface area contributed by atoms with Crippen LogP contribution in [0.4, 0.5) is 4.79 Å². The topological polar surface area (TPSA) is 38.8 Å². The molecular formula is C22H25NO3. The van der Waals surface area contributed by atoms with E-state index < -0.39 is 5.60 Å². The molecule has 0 aliphatic carbocycles. The van der Waals surface area contributed by atoms with Gasteiger partial charge < -0.3 is 14.4 Å². The Balaban J connectivity index is 1.80. The molecule has 4 nitrogen and oxygen atoms in total. The highest BCUT2D eigenvalue weighted by atomic mass is 16.6. The van der Waals surface area contributed by atoms with E-state index in [-0.39, 0.29) is 12.1 Å². The molecule has 0 aromatic heterocycles. The Hall–Kier alpha value is -2.75. The Kier molecular flexibility index (Phi) is 5.31. The fourth-order valence-corrected chi connectivity index (χ4v) is 3.52. The van der Waals surface area contributed by atoms with Gasteiger partial charge in [-0.05, 0) is 30.2 Å². The number of ether oxygens (including phenoxy) is 2. The third kappa shape index (κ3) is 3.45. The monoisotopic (exact) mass is 351 g/mol. The molecule has 2 aromatic rings. The number of amides is 1. The van der Waals surface area contributed by atoms with Crippen LogP contribution < -0.4 is 4.74 Å². The molecule has 2 aromatic carbocycles. The van der Waals surface area contributed by atoms with Gasteiger partial charge in [0.1, 0.15) is 11.4 Å². The number of methoxy groups -OCH3 is 1. The molecule has 0 N–H and O–H groups in total. The second kappa shape index (κ2) is 7.65. The second-order valence-corrected chi connectivity index (χ2v) is 6.61. The zero-order valence-electron chi connectivity index (χ0n) is 15.4. The van der Waals surface area contributed by atoms with Gasteiger partial charge in [-0.1, -0.05) is 48.5 Å². The summed E-state index contributed by atoms with van der Waals surface area (Å²) in [6.45, 7) is 6.51. The summed E-state index contributed by atoms with van der Waals surface area (Å²) in [6.07, 6.45) is 2.87. The van der Waals surface area contributed by atoms with E-state index in [0.717, 1.165) is 23.3 Å². The Morgan fingerprint density at radius 3 is 2.50 bits per heavy atom. The minimum absolute atomic E-state index is 0.0640. The van der Waals surface area contributed by atoms with Gasteiger partial charge in [-0.3, -0.25) is 0 Å². The van der Waals surface area contributed by atoms with Crippen molar-refractivity contribution in [2.24, 2.45) is 0 Å². The molecule has 4 heteroatoms. The van der Waals surface area contributed by atoms with Crippen LogP contribution in [0.15, 0.2) is 67.3 Å². The summed E-state index contributed by atoms with van der Waals surface area (Å²) in [5.41, 5.74) is 1.44. The Morgan fingerprint density at radius 2 is 1.92 bits per heavy atom. The Morgan fingerprint density at radius 1 is 1.23 bits per heavy atom. The van der Waals surface area contributed by atoms with Gasteiger partial charge in [-0.25, -0.2) is 4.79 Å². The number of carbonyl (C=O) groups is 1. The molecule has 3 rings (SSSR count). The number of hydrogen-bond donors (Lipinski definition) is 0. The van der Waals surface area contributed by atoms with Crippen molar-refractivity contribution < 1.29 is 14.3 Å². The smallest absolute Gasteiger partial charge is 0.411 e. The van der Waals surface area contributed by atoms with Crippen molar-refractivity contribution >= 4 is 6.09 Å². The van der Waals surface area contributed by atoms with Gasteiger partial charge in [-0.15, -0.1) is 6.58 Å². The van der Waals surface area contributed by atoms with E-state index in [1.165, 1.54) is 0 Å². The summed E-state index contributed by atoms with van der Waals surface area (Å²) in [6, 6.07) is 17.7. The van der Waals surface area contributed by atoms with Gasteiger partial charge >= 0.3 is 6.09 Å². The Labute approximate surface area is 155 Å². The molecular weight excluding hydrogens is 326 g/mol. The van der Waals surface area contributed by atoms with Crippen LogP contribution in [-0.4, -0.2) is 24.6 Å². The first-order valence-corrected chi connectivity index (χ1v) is 8.89. The summed E-state index contributed by atoms with van der Waals surface area (Å²) in [5, 5.41) is 0. The molecule has 0 saturated carbocycles. The van der Waals surface area contributed by atoms with E-state index >= 15 is 0 Å². The van der Waals surface area contributed by atoms with E-state index in [0.29, 0.717) is 13.0 Å². The standard InChI is InChI=1S/C22H25NO3/c1-4-14-22(19-8-6-5-7-9-19)15-16-23(21(24)26-22)17(2)18-10-12-20(25-3)13-11-18/h4-13,17H,1,14-16H2,2-3H3/t17-,22+/m0/s1. The third-order valence-corrected chi connectivity index (χ3v) is 5.11. The largest absolute Gasteiger partial charge is 0.497 e. The number of carbonyl (C=O) groups excluding carboxylic acids is 1. The molecule has 1 aliphatic heterocycles. The van der Waals surface area contributed by atoms with E-state index in [1.807, 2.05) is 67.6 Å². The maximum Gasteiger partial charge on any atom is 0.411 e. The predicted molar refractivity (Wildman–Crippen MR) is 102 cm³/mol. The molecule has 1 fully saturated rings. The van der Waals surface area contributed by atoms with E-state index in [2.05, 4.69) is 6.58 Å². The van der Waals surface area contributed by atoms with Crippen molar-refractivity contribution in [2.45, 2.75) is 31.4 Å². The van der Waals surface area contributed by atoms with Crippen molar-refractivity contribution in [3.05, 3.63) is 78.4 Å². The van der Waals surface area contributed by atoms with Crippen LogP contribution in [0.25, 0.3) is 0 Å². The maximum absolute atomic E-state index is 12.8. The number of rotatable bonds is 6. The summed E-state index contributed by atoms with van der Waals surface area (Å²) < 4.78 is 11.2. The van der Waals surface area contributed by atoms with Crippen LogP contribution in [0, 0.1) is 0 Å². The maximum atomic E-state index is 12.8. The summed E-state index contributed by atoms with van der Waals surface area (Å²) in [5.74, 6) is 0.802. The Bertz CT molecular complexity index is 757. The van der Waals surface area contributed by atoms with Crippen molar-refractivity contribution in [2.75, 3.05) is 13.7 Å². The zero-order chi connectivity index (χ0) is 18.6. The van der Waals surface area contributed by atoms with Crippen molar-refractivity contribution in [1.29, 1.82) is 0 Å². The quantitative estimate of drug-likeness (QED) is 0.682. The lowest BCUT2D eigenvalue weighted by atomic mass is 9.85. The lowest BCUT2D eigenvalue weighted by Gasteiger charge is -2.43. The van der Waals surface area contributed by atoms with Gasteiger partial charge in [0.15, 0.2) is 0 Å². The molecule has 0 radical (unpaired) electrons. The van der Waals surface area contributed by atoms with Crippen LogP contribution in [0.5, 0.6) is 5.75 Å². The first kappa shape index (κ1) is 18.1. The number of cyclic esters (lactones) is 1. The van der Waals surface area contributed by atoms with Gasteiger partial charge in [-0.2, -0.15) is 0 Å². The molecule has 26 heavy (non-hydrogen) atoms. The molecule has 136 valence electrons. The molecule has 0 spiro atoms. The highest BCUT2D eigenvalue weighted by molar-refractivity contribution is 5.70. The van der Waals surface area contributed by atoms with Crippen LogP contribution in [-0.2, 0) is 10.3 Å². The van der Waals surface area contributed by atoms with Crippen molar-refractivity contribution in [3.63, 3.8) is 0 Å². The minimum atomic E-state index is -0.629.